The summed E-state index contributed by atoms with van der Waals surface area (Å²) in [6, 6.07) is 1.26. The Morgan fingerprint density at radius 3 is 2.85 bits per heavy atom. The summed E-state index contributed by atoms with van der Waals surface area (Å²) in [4.78, 5) is 8.71. The molecule has 0 radical (unpaired) electrons. The van der Waals surface area contributed by atoms with Crippen LogP contribution in [0.2, 0.25) is 0 Å². The van der Waals surface area contributed by atoms with Gasteiger partial charge in [-0.15, -0.1) is 11.3 Å². The van der Waals surface area contributed by atoms with Crippen molar-refractivity contribution >= 4 is 16.5 Å². The lowest BCUT2D eigenvalue weighted by Crippen LogP contribution is -2.33. The minimum Gasteiger partial charge on any atom is -0.378 e. The van der Waals surface area contributed by atoms with Crippen molar-refractivity contribution in [3.63, 3.8) is 0 Å². The maximum absolute atomic E-state index is 5.30. The van der Waals surface area contributed by atoms with Gasteiger partial charge < -0.3 is 15.0 Å². The zero-order valence-electron chi connectivity index (χ0n) is 13.1. The molecule has 2 unspecified atom stereocenters. The van der Waals surface area contributed by atoms with Crippen LogP contribution in [0.4, 0.5) is 5.13 Å². The lowest BCUT2D eigenvalue weighted by molar-refractivity contribution is 0.181. The van der Waals surface area contributed by atoms with Crippen molar-refractivity contribution < 1.29 is 4.74 Å². The quantitative estimate of drug-likeness (QED) is 0.839. The fourth-order valence-corrected chi connectivity index (χ4v) is 4.13. The highest BCUT2D eigenvalue weighted by atomic mass is 32.1. The van der Waals surface area contributed by atoms with E-state index in [0.717, 1.165) is 18.8 Å². The summed E-state index contributed by atoms with van der Waals surface area (Å²) >= 11 is 1.83. The van der Waals surface area contributed by atoms with Gasteiger partial charge in [0.25, 0.3) is 0 Å². The normalized spacial score (nSPS) is 22.7. The number of anilines is 1. The standard InChI is InChI=1S/C15H27N3OS/c1-5-12-8-7-11(3)18(12)15-17-13(10-19-4)14(20-15)9-16-6-2/h11-12,16H,5-10H2,1-4H3. The summed E-state index contributed by atoms with van der Waals surface area (Å²) in [5, 5.41) is 4.58. The molecule has 0 spiro atoms. The molecule has 1 aliphatic heterocycles. The molecule has 4 nitrogen and oxygen atoms in total. The van der Waals surface area contributed by atoms with Crippen LogP contribution in [0.25, 0.3) is 0 Å². The first-order valence-electron chi connectivity index (χ1n) is 7.67. The predicted molar refractivity (Wildman–Crippen MR) is 85.5 cm³/mol. The number of ether oxygens (including phenoxy) is 1. The number of aromatic nitrogens is 1. The van der Waals surface area contributed by atoms with Crippen molar-refractivity contribution in [3.8, 4) is 0 Å². The lowest BCUT2D eigenvalue weighted by Gasteiger charge is -2.27. The summed E-state index contributed by atoms with van der Waals surface area (Å²) in [5.74, 6) is 0. The van der Waals surface area contributed by atoms with Gasteiger partial charge in [0, 0.05) is 30.6 Å². The molecule has 20 heavy (non-hydrogen) atoms. The van der Waals surface area contributed by atoms with Gasteiger partial charge >= 0.3 is 0 Å². The maximum atomic E-state index is 5.30. The van der Waals surface area contributed by atoms with Gasteiger partial charge in [0.1, 0.15) is 0 Å². The Hall–Kier alpha value is -0.650. The van der Waals surface area contributed by atoms with Crippen LogP contribution in [0.15, 0.2) is 0 Å². The molecule has 0 amide bonds. The van der Waals surface area contributed by atoms with Gasteiger partial charge in [-0.05, 0) is 32.7 Å². The molecule has 0 bridgehead atoms. The van der Waals surface area contributed by atoms with E-state index in [1.807, 2.05) is 11.3 Å². The number of rotatable bonds is 7. The Labute approximate surface area is 126 Å². The summed E-state index contributed by atoms with van der Waals surface area (Å²) in [7, 11) is 1.74. The van der Waals surface area contributed by atoms with E-state index >= 15 is 0 Å². The molecule has 1 saturated heterocycles. The summed E-state index contributed by atoms with van der Waals surface area (Å²) in [5.41, 5.74) is 1.10. The van der Waals surface area contributed by atoms with Gasteiger partial charge in [0.15, 0.2) is 5.13 Å². The molecule has 0 aromatic carbocycles. The smallest absolute Gasteiger partial charge is 0.186 e. The molecular weight excluding hydrogens is 270 g/mol. The Morgan fingerprint density at radius 1 is 1.40 bits per heavy atom. The van der Waals surface area contributed by atoms with E-state index in [-0.39, 0.29) is 0 Å². The third-order valence-corrected chi connectivity index (χ3v) is 5.17. The second-order valence-electron chi connectivity index (χ2n) is 5.48. The topological polar surface area (TPSA) is 37.4 Å². The van der Waals surface area contributed by atoms with E-state index in [2.05, 4.69) is 31.0 Å². The Morgan fingerprint density at radius 2 is 2.20 bits per heavy atom. The summed E-state index contributed by atoms with van der Waals surface area (Å²) in [6.45, 7) is 9.21. The first-order valence-corrected chi connectivity index (χ1v) is 8.49. The van der Waals surface area contributed by atoms with Crippen LogP contribution in [-0.2, 0) is 17.9 Å². The number of nitrogens with one attached hydrogen (secondary N) is 1. The van der Waals surface area contributed by atoms with E-state index < -0.39 is 0 Å². The number of hydrogen-bond acceptors (Lipinski definition) is 5. The van der Waals surface area contributed by atoms with Crippen LogP contribution < -0.4 is 10.2 Å². The zero-order chi connectivity index (χ0) is 14.5. The largest absolute Gasteiger partial charge is 0.378 e. The van der Waals surface area contributed by atoms with Crippen LogP contribution in [0, 0.1) is 0 Å². The van der Waals surface area contributed by atoms with Crippen LogP contribution >= 0.6 is 11.3 Å². The minimum absolute atomic E-state index is 0.605. The highest BCUT2D eigenvalue weighted by molar-refractivity contribution is 7.15. The second-order valence-corrected chi connectivity index (χ2v) is 6.54. The lowest BCUT2D eigenvalue weighted by atomic mass is 10.2. The molecule has 0 saturated carbocycles. The molecule has 1 fully saturated rings. The maximum Gasteiger partial charge on any atom is 0.186 e. The van der Waals surface area contributed by atoms with Gasteiger partial charge in [0.05, 0.1) is 12.3 Å². The second kappa shape index (κ2) is 7.38. The first kappa shape index (κ1) is 15.7. The molecule has 5 heteroatoms. The van der Waals surface area contributed by atoms with Crippen molar-refractivity contribution in [1.82, 2.24) is 10.3 Å². The van der Waals surface area contributed by atoms with Crippen molar-refractivity contribution in [1.29, 1.82) is 0 Å². The van der Waals surface area contributed by atoms with Crippen LogP contribution in [0.3, 0.4) is 0 Å². The van der Waals surface area contributed by atoms with Crippen LogP contribution in [0.5, 0.6) is 0 Å². The molecule has 0 aliphatic carbocycles. The first-order chi connectivity index (χ1) is 9.71. The van der Waals surface area contributed by atoms with Crippen molar-refractivity contribution in [2.24, 2.45) is 0 Å². The molecule has 1 aliphatic rings. The zero-order valence-corrected chi connectivity index (χ0v) is 13.9. The third kappa shape index (κ3) is 3.32. The molecule has 1 aromatic rings. The summed E-state index contributed by atoms with van der Waals surface area (Å²) in [6.07, 6.45) is 3.77. The number of thiazole rings is 1. The molecule has 2 heterocycles. The highest BCUT2D eigenvalue weighted by Gasteiger charge is 2.32. The molecule has 2 rings (SSSR count). The van der Waals surface area contributed by atoms with Gasteiger partial charge in [-0.3, -0.25) is 0 Å². The Balaban J connectivity index is 2.22. The van der Waals surface area contributed by atoms with E-state index in [0.29, 0.717) is 18.7 Å². The van der Waals surface area contributed by atoms with Gasteiger partial charge in [-0.25, -0.2) is 4.98 Å². The third-order valence-electron chi connectivity index (χ3n) is 4.06. The SMILES string of the molecule is CCNCc1sc(N2C(C)CCC2CC)nc1COC. The number of nitrogens with zero attached hydrogens (tertiary/aromatic N) is 2. The fourth-order valence-electron chi connectivity index (χ4n) is 2.92. The Bertz CT molecular complexity index is 421. The van der Waals surface area contributed by atoms with Gasteiger partial charge in [-0.1, -0.05) is 13.8 Å². The van der Waals surface area contributed by atoms with E-state index in [9.17, 15) is 0 Å². The Kier molecular flexibility index (Phi) is 5.81. The van der Waals surface area contributed by atoms with Gasteiger partial charge in [0.2, 0.25) is 0 Å². The minimum atomic E-state index is 0.605. The van der Waals surface area contributed by atoms with E-state index in [4.69, 9.17) is 9.72 Å². The van der Waals surface area contributed by atoms with Crippen LogP contribution in [0.1, 0.15) is 50.6 Å². The van der Waals surface area contributed by atoms with E-state index in [1.54, 1.807) is 7.11 Å². The monoisotopic (exact) mass is 297 g/mol. The predicted octanol–water partition coefficient (Wildman–Crippen LogP) is 3.17. The average molecular weight is 297 g/mol. The average Bonchev–Trinajstić information content (AvgIpc) is 3.00. The van der Waals surface area contributed by atoms with E-state index in [1.165, 1.54) is 29.3 Å². The van der Waals surface area contributed by atoms with Crippen LogP contribution in [-0.4, -0.2) is 30.7 Å². The molecule has 2 atom stereocenters. The highest BCUT2D eigenvalue weighted by Crippen LogP contribution is 2.36. The molecular formula is C15H27N3OS. The van der Waals surface area contributed by atoms with Gasteiger partial charge in [-0.2, -0.15) is 0 Å². The van der Waals surface area contributed by atoms with Crippen molar-refractivity contribution in [2.75, 3.05) is 18.6 Å². The molecule has 1 N–H and O–H groups in total. The van der Waals surface area contributed by atoms with Crippen molar-refractivity contribution in [3.05, 3.63) is 10.6 Å². The summed E-state index contributed by atoms with van der Waals surface area (Å²) < 4.78 is 5.30. The van der Waals surface area contributed by atoms with Crippen molar-refractivity contribution in [2.45, 2.75) is 65.3 Å². The molecule has 114 valence electrons. The molecule has 1 aromatic heterocycles. The fraction of sp³-hybridized carbons (Fsp3) is 0.800. The number of methoxy groups -OCH3 is 1. The number of hydrogen-bond donors (Lipinski definition) is 1.